The molecule has 17 heteroatoms. The van der Waals surface area contributed by atoms with Gasteiger partial charge in [-0.2, -0.15) is 0 Å². The van der Waals surface area contributed by atoms with Crippen LogP contribution < -0.4 is 25.8 Å². The molecule has 0 unspecified atom stereocenters. The number of thiophene rings is 1. The highest BCUT2D eigenvalue weighted by Crippen LogP contribution is 2.39. The van der Waals surface area contributed by atoms with Gasteiger partial charge < -0.3 is 25.8 Å². The molecule has 8 rings (SSSR count). The number of anilines is 3. The Kier molecular flexibility index (Phi) is 13.2. The molecule has 320 valence electrons. The minimum atomic E-state index is -0.563. The summed E-state index contributed by atoms with van der Waals surface area (Å²) >= 11 is 7.91. The molecule has 2 atom stereocenters. The summed E-state index contributed by atoms with van der Waals surface area (Å²) in [7, 11) is 0. The van der Waals surface area contributed by atoms with Crippen molar-refractivity contribution in [3.63, 3.8) is 0 Å². The molecule has 2 saturated heterocycles. The average molecular weight is 867 g/mol. The highest BCUT2D eigenvalue weighted by Gasteiger charge is 2.32. The maximum Gasteiger partial charge on any atom is 0.222 e. The number of carbonyl (C=O) groups excluding carboxylic acids is 2. The monoisotopic (exact) mass is 866 g/mol. The predicted molar refractivity (Wildman–Crippen MR) is 239 cm³/mol. The summed E-state index contributed by atoms with van der Waals surface area (Å²) in [5, 5.41) is 20.0. The molecule has 0 aliphatic carbocycles. The van der Waals surface area contributed by atoms with Crippen molar-refractivity contribution >= 4 is 57.8 Å². The van der Waals surface area contributed by atoms with Gasteiger partial charge in [-0.1, -0.05) is 29.8 Å². The Bertz CT molecular complexity index is 2380. The third kappa shape index (κ3) is 10.0. The van der Waals surface area contributed by atoms with E-state index in [9.17, 15) is 14.0 Å². The lowest BCUT2D eigenvalue weighted by molar-refractivity contribution is -0.123. The first-order valence-corrected chi connectivity index (χ1v) is 22.2. The third-order valence-electron chi connectivity index (χ3n) is 11.7. The number of carbonyl (C=O) groups is 2. The lowest BCUT2D eigenvalue weighted by atomic mass is 9.99. The predicted octanol–water partition coefficient (Wildman–Crippen LogP) is 6.03. The topological polar surface area (TPSA) is 149 Å². The van der Waals surface area contributed by atoms with Gasteiger partial charge in [0.15, 0.2) is 5.82 Å². The average Bonchev–Trinajstić information content (AvgIpc) is 3.74. The Morgan fingerprint density at radius 2 is 1.70 bits per heavy atom. The molecule has 3 aromatic heterocycles. The van der Waals surface area contributed by atoms with E-state index >= 15 is 0 Å². The molecule has 2 amide bonds. The van der Waals surface area contributed by atoms with E-state index < -0.39 is 6.04 Å². The van der Waals surface area contributed by atoms with Crippen LogP contribution in [0.25, 0.3) is 5.00 Å². The van der Waals surface area contributed by atoms with Gasteiger partial charge in [0, 0.05) is 97.6 Å². The molecule has 0 spiro atoms. The van der Waals surface area contributed by atoms with E-state index in [-0.39, 0.29) is 30.1 Å². The van der Waals surface area contributed by atoms with Crippen LogP contribution in [0.4, 0.5) is 21.7 Å². The molecule has 3 aliphatic rings. The molecule has 0 radical (unpaired) electrons. The van der Waals surface area contributed by atoms with Crippen LogP contribution in [-0.2, 0) is 9.59 Å². The first-order valence-electron chi connectivity index (χ1n) is 21.1. The number of nitrogens with zero attached hydrogens (tertiary/aromatic N) is 9. The van der Waals surface area contributed by atoms with Gasteiger partial charge in [0.1, 0.15) is 40.6 Å². The molecule has 0 bridgehead atoms. The van der Waals surface area contributed by atoms with Crippen LogP contribution in [0.3, 0.4) is 0 Å². The van der Waals surface area contributed by atoms with Crippen LogP contribution in [0.2, 0.25) is 5.02 Å². The fourth-order valence-electron chi connectivity index (χ4n) is 8.35. The molecule has 61 heavy (non-hydrogen) atoms. The largest absolute Gasteiger partial charge is 0.369 e. The molecule has 6 heterocycles. The molecule has 2 aromatic carbocycles. The number of aromatic nitrogens is 5. The van der Waals surface area contributed by atoms with E-state index in [0.29, 0.717) is 30.4 Å². The fraction of sp³-hybridized carbons (Fsp3) is 0.432. The Morgan fingerprint density at radius 3 is 2.49 bits per heavy atom. The van der Waals surface area contributed by atoms with Crippen LogP contribution in [0.5, 0.6) is 0 Å². The van der Waals surface area contributed by atoms with E-state index in [1.54, 1.807) is 29.8 Å². The van der Waals surface area contributed by atoms with Crippen LogP contribution in [0.15, 0.2) is 65.9 Å². The van der Waals surface area contributed by atoms with Crippen LogP contribution in [0, 0.1) is 26.6 Å². The molecule has 14 nitrogen and oxygen atoms in total. The summed E-state index contributed by atoms with van der Waals surface area (Å²) in [5.74, 6) is 2.61. The number of aryl methyl sites for hydroxylation is 2. The van der Waals surface area contributed by atoms with Gasteiger partial charge in [0.05, 0.1) is 12.1 Å². The molecule has 3 N–H and O–H groups in total. The van der Waals surface area contributed by atoms with E-state index in [4.69, 9.17) is 16.6 Å². The lowest BCUT2D eigenvalue weighted by Gasteiger charge is -2.36. The number of fused-ring (bicyclic) bond motifs is 3. The fourth-order valence-corrected chi connectivity index (χ4v) is 9.69. The maximum absolute atomic E-state index is 13.8. The number of aliphatic imine (C=N–C) groups is 1. The van der Waals surface area contributed by atoms with Crippen molar-refractivity contribution in [1.82, 2.24) is 40.3 Å². The Hall–Kier alpha value is -5.45. The zero-order valence-electron chi connectivity index (χ0n) is 34.8. The van der Waals surface area contributed by atoms with Crippen molar-refractivity contribution < 1.29 is 14.0 Å². The van der Waals surface area contributed by atoms with Crippen molar-refractivity contribution in [3.05, 3.63) is 105 Å². The van der Waals surface area contributed by atoms with Crippen molar-refractivity contribution in [2.45, 2.75) is 65.0 Å². The second-order valence-electron chi connectivity index (χ2n) is 15.9. The Morgan fingerprint density at radius 1 is 0.918 bits per heavy atom. The second kappa shape index (κ2) is 19.1. The summed E-state index contributed by atoms with van der Waals surface area (Å²) < 4.78 is 15.9. The van der Waals surface area contributed by atoms with E-state index in [1.807, 2.05) is 47.9 Å². The van der Waals surface area contributed by atoms with Crippen molar-refractivity contribution in [3.8, 4) is 5.00 Å². The quantitative estimate of drug-likeness (QED) is 0.113. The van der Waals surface area contributed by atoms with E-state index in [2.05, 4.69) is 64.7 Å². The summed E-state index contributed by atoms with van der Waals surface area (Å²) in [5.41, 5.74) is 4.76. The van der Waals surface area contributed by atoms with Crippen molar-refractivity contribution in [2.24, 2.45) is 4.99 Å². The number of benzene rings is 2. The first-order chi connectivity index (χ1) is 29.6. The number of amides is 2. The highest BCUT2D eigenvalue weighted by molar-refractivity contribution is 7.15. The Labute approximate surface area is 364 Å². The van der Waals surface area contributed by atoms with Crippen LogP contribution in [-0.4, -0.2) is 112 Å². The molecule has 0 saturated carbocycles. The zero-order valence-corrected chi connectivity index (χ0v) is 36.4. The van der Waals surface area contributed by atoms with Gasteiger partial charge >= 0.3 is 0 Å². The van der Waals surface area contributed by atoms with Gasteiger partial charge in [-0.25, -0.2) is 14.4 Å². The number of nitrogens with one attached hydrogen (secondary N) is 3. The smallest absolute Gasteiger partial charge is 0.222 e. The van der Waals surface area contributed by atoms with Gasteiger partial charge in [-0.05, 0) is 82.5 Å². The maximum atomic E-state index is 13.8. The van der Waals surface area contributed by atoms with Crippen LogP contribution in [0.1, 0.15) is 71.4 Å². The molecule has 5 aromatic rings. The minimum Gasteiger partial charge on any atom is -0.369 e. The first kappa shape index (κ1) is 42.2. The molecular weight excluding hydrogens is 815 g/mol. The van der Waals surface area contributed by atoms with Gasteiger partial charge in [-0.3, -0.25) is 24.0 Å². The van der Waals surface area contributed by atoms with E-state index in [0.717, 1.165) is 116 Å². The van der Waals surface area contributed by atoms with Gasteiger partial charge in [0.25, 0.3) is 0 Å². The summed E-state index contributed by atoms with van der Waals surface area (Å²) in [6.45, 7) is 12.7. The van der Waals surface area contributed by atoms with Crippen LogP contribution >= 0.6 is 22.9 Å². The van der Waals surface area contributed by atoms with E-state index in [1.165, 1.54) is 10.9 Å². The third-order valence-corrected chi connectivity index (χ3v) is 13.1. The van der Waals surface area contributed by atoms with Crippen molar-refractivity contribution in [1.29, 1.82) is 0 Å². The normalized spacial score (nSPS) is 17.9. The molecule has 2 fully saturated rings. The number of rotatable bonds is 14. The molecule has 3 aliphatic heterocycles. The SMILES string of the molecule is Cc1sc2c(c1C)C(c1ccc(Cl)cc1)=N[C@@H](CC(=O)NCCNC(=O)CCCN1CCN(c3cc(N[C@@H]4CCCN(c5cccc(F)c5)C4)ncn3)CC1)c1nnc(C)n1-2. The number of piperazine rings is 1. The highest BCUT2D eigenvalue weighted by atomic mass is 35.5. The lowest BCUT2D eigenvalue weighted by Crippen LogP contribution is -2.47. The standard InChI is InChI=1S/C44H52ClFN12O2S/c1-28-29(2)61-44-41(28)42(31-11-13-32(45)14-12-31)52-36(43-54-53-30(3)58(43)44)24-40(60)48-16-15-47-39(59)10-6-17-55-19-21-56(22-20-55)38-25-37(49-27-50-38)51-34-8-5-18-57(26-34)35-9-4-7-33(46)23-35/h4,7,9,11-14,23,25,27,34,36H,5-6,8,10,15-22,24,26H2,1-3H3,(H,47,59)(H,48,60)(H,49,50,51)/t34-,36+/m1/s1. The second-order valence-corrected chi connectivity index (χ2v) is 17.6. The minimum absolute atomic E-state index is 0.0349. The zero-order chi connectivity index (χ0) is 42.5. The number of piperidine rings is 1. The Balaban J connectivity index is 0.758. The molecular formula is C44H52ClFN12O2S. The van der Waals surface area contributed by atoms with Crippen molar-refractivity contribution in [2.75, 3.05) is 74.0 Å². The number of hydrogen-bond acceptors (Lipinski definition) is 12. The summed E-state index contributed by atoms with van der Waals surface area (Å²) in [6, 6.07) is 16.0. The van der Waals surface area contributed by atoms with Gasteiger partial charge in [-0.15, -0.1) is 21.5 Å². The summed E-state index contributed by atoms with van der Waals surface area (Å²) in [4.78, 5) is 48.4. The number of hydrogen-bond donors (Lipinski definition) is 3. The summed E-state index contributed by atoms with van der Waals surface area (Å²) in [6.07, 6.45) is 4.89. The number of halogens is 2. The van der Waals surface area contributed by atoms with Gasteiger partial charge in [0.2, 0.25) is 11.8 Å².